The van der Waals surface area contributed by atoms with Gasteiger partial charge >= 0.3 is 5.97 Å². The molecule has 2 aliphatic rings. The molecule has 1 N–H and O–H groups in total. The van der Waals surface area contributed by atoms with Gasteiger partial charge in [0, 0.05) is 19.3 Å². The van der Waals surface area contributed by atoms with Gasteiger partial charge in [0.05, 0.1) is 12.0 Å². The minimum atomic E-state index is -0.886. The lowest BCUT2D eigenvalue weighted by Crippen LogP contribution is -2.45. The average Bonchev–Trinajstić information content (AvgIpc) is 2.82. The summed E-state index contributed by atoms with van der Waals surface area (Å²) in [5.74, 6) is -1.57. The molecule has 0 spiro atoms. The highest BCUT2D eigenvalue weighted by molar-refractivity contribution is 5.99. The smallest absolute Gasteiger partial charge is 0.312 e. The van der Waals surface area contributed by atoms with Gasteiger partial charge in [0.25, 0.3) is 0 Å². The number of ether oxygens (including phenoxy) is 1. The van der Waals surface area contributed by atoms with Gasteiger partial charge in [0.15, 0.2) is 0 Å². The number of anilines is 1. The van der Waals surface area contributed by atoms with Gasteiger partial charge in [-0.1, -0.05) is 18.2 Å². The van der Waals surface area contributed by atoms with Gasteiger partial charge in [-0.15, -0.1) is 0 Å². The zero-order valence-corrected chi connectivity index (χ0v) is 12.0. The fourth-order valence-electron chi connectivity index (χ4n) is 3.25. The third kappa shape index (κ3) is 2.31. The summed E-state index contributed by atoms with van der Waals surface area (Å²) in [6, 6.07) is 7.25. The average molecular weight is 289 g/mol. The van der Waals surface area contributed by atoms with Gasteiger partial charge in [-0.3, -0.25) is 9.59 Å². The molecule has 1 aliphatic carbocycles. The Balaban J connectivity index is 1.83. The topological polar surface area (TPSA) is 66.8 Å². The summed E-state index contributed by atoms with van der Waals surface area (Å²) < 4.78 is 5.50. The summed E-state index contributed by atoms with van der Waals surface area (Å²) >= 11 is 0. The first kappa shape index (κ1) is 14.1. The number of carboxylic acid groups (broad SMARTS) is 1. The van der Waals surface area contributed by atoms with Crippen molar-refractivity contribution >= 4 is 17.6 Å². The molecule has 21 heavy (non-hydrogen) atoms. The second-order valence-corrected chi connectivity index (χ2v) is 5.87. The molecule has 0 radical (unpaired) electrons. The van der Waals surface area contributed by atoms with Crippen molar-refractivity contribution in [1.29, 1.82) is 0 Å². The molecule has 1 aromatic carbocycles. The van der Waals surface area contributed by atoms with Gasteiger partial charge in [-0.25, -0.2) is 0 Å². The molecule has 1 fully saturated rings. The van der Waals surface area contributed by atoms with E-state index in [0.717, 1.165) is 30.5 Å². The van der Waals surface area contributed by atoms with Gasteiger partial charge in [-0.05, 0) is 30.9 Å². The first-order valence-corrected chi connectivity index (χ1v) is 7.23. The van der Waals surface area contributed by atoms with Gasteiger partial charge in [0.1, 0.15) is 5.92 Å². The van der Waals surface area contributed by atoms with Crippen LogP contribution in [-0.4, -0.2) is 36.2 Å². The minimum Gasteiger partial charge on any atom is -0.481 e. The summed E-state index contributed by atoms with van der Waals surface area (Å²) in [5, 5.41) is 9.33. The van der Waals surface area contributed by atoms with Crippen LogP contribution in [0.1, 0.15) is 37.2 Å². The van der Waals surface area contributed by atoms with Crippen LogP contribution in [0.2, 0.25) is 0 Å². The molecule has 1 aliphatic heterocycles. The Kier molecular flexibility index (Phi) is 3.45. The van der Waals surface area contributed by atoms with Gasteiger partial charge < -0.3 is 14.7 Å². The monoisotopic (exact) mass is 289 g/mol. The first-order chi connectivity index (χ1) is 10.1. The van der Waals surface area contributed by atoms with Crippen molar-refractivity contribution in [3.05, 3.63) is 29.8 Å². The molecule has 3 rings (SSSR count). The van der Waals surface area contributed by atoms with Crippen LogP contribution in [0.15, 0.2) is 24.3 Å². The Morgan fingerprint density at radius 2 is 2.10 bits per heavy atom. The lowest BCUT2D eigenvalue weighted by atomic mass is 9.77. The molecule has 0 unspecified atom stereocenters. The highest BCUT2D eigenvalue weighted by Crippen LogP contribution is 2.41. The Morgan fingerprint density at radius 1 is 1.38 bits per heavy atom. The molecule has 1 amide bonds. The van der Waals surface area contributed by atoms with E-state index in [4.69, 9.17) is 4.74 Å². The van der Waals surface area contributed by atoms with Gasteiger partial charge in [0.2, 0.25) is 5.91 Å². The standard InChI is InChI=1S/C16H19NO4/c1-21-16(7-4-8-16)9-14(18)17-10-12(15(19)20)11-5-2-3-6-13(11)17/h2-3,5-6,12H,4,7-10H2,1H3,(H,19,20)/t12-/m0/s1. The van der Waals surface area contributed by atoms with Crippen molar-refractivity contribution in [2.75, 3.05) is 18.6 Å². The molecule has 0 saturated heterocycles. The van der Waals surface area contributed by atoms with E-state index < -0.39 is 11.9 Å². The van der Waals surface area contributed by atoms with E-state index in [-0.39, 0.29) is 18.1 Å². The molecular formula is C16H19NO4. The van der Waals surface area contributed by atoms with Crippen LogP contribution in [-0.2, 0) is 14.3 Å². The largest absolute Gasteiger partial charge is 0.481 e. The highest BCUT2D eigenvalue weighted by atomic mass is 16.5. The third-order valence-corrected chi connectivity index (χ3v) is 4.74. The maximum atomic E-state index is 12.6. The Bertz CT molecular complexity index is 574. The van der Waals surface area contributed by atoms with Crippen molar-refractivity contribution in [2.24, 2.45) is 0 Å². The number of rotatable bonds is 4. The number of carbonyl (C=O) groups excluding carboxylic acids is 1. The maximum Gasteiger partial charge on any atom is 0.312 e. The predicted molar refractivity (Wildman–Crippen MR) is 77.4 cm³/mol. The molecular weight excluding hydrogens is 270 g/mol. The number of fused-ring (bicyclic) bond motifs is 1. The first-order valence-electron chi connectivity index (χ1n) is 7.23. The van der Waals surface area contributed by atoms with E-state index in [2.05, 4.69) is 0 Å². The third-order valence-electron chi connectivity index (χ3n) is 4.74. The van der Waals surface area contributed by atoms with Crippen LogP contribution in [0.4, 0.5) is 5.69 Å². The van der Waals surface area contributed by atoms with Gasteiger partial charge in [-0.2, -0.15) is 0 Å². The Morgan fingerprint density at radius 3 is 2.67 bits per heavy atom. The molecule has 0 bridgehead atoms. The summed E-state index contributed by atoms with van der Waals surface area (Å²) in [6.45, 7) is 0.216. The van der Waals surface area contributed by atoms with Crippen LogP contribution in [0.5, 0.6) is 0 Å². The number of benzene rings is 1. The zero-order valence-electron chi connectivity index (χ0n) is 12.0. The van der Waals surface area contributed by atoms with Crippen molar-refractivity contribution in [3.8, 4) is 0 Å². The molecule has 0 aromatic heterocycles. The summed E-state index contributed by atoms with van der Waals surface area (Å²) in [6.07, 6.45) is 3.19. The molecule has 1 aromatic rings. The predicted octanol–water partition coefficient (Wildman–Crippen LogP) is 2.16. The number of aliphatic carboxylic acids is 1. The van der Waals surface area contributed by atoms with E-state index >= 15 is 0 Å². The lowest BCUT2D eigenvalue weighted by Gasteiger charge is -2.40. The quantitative estimate of drug-likeness (QED) is 0.922. The molecule has 1 heterocycles. The van der Waals surface area contributed by atoms with E-state index in [1.54, 1.807) is 18.1 Å². The zero-order chi connectivity index (χ0) is 15.0. The number of carbonyl (C=O) groups is 2. The van der Waals surface area contributed by atoms with Crippen molar-refractivity contribution in [2.45, 2.75) is 37.2 Å². The SMILES string of the molecule is COC1(CC(=O)N2C[C@H](C(=O)O)c3ccccc32)CCC1. The minimum absolute atomic E-state index is 0.0484. The molecule has 112 valence electrons. The van der Waals surface area contributed by atoms with E-state index in [1.807, 2.05) is 18.2 Å². The number of methoxy groups -OCH3 is 1. The molecule has 1 atom stereocenters. The van der Waals surface area contributed by atoms with Crippen LogP contribution in [0.25, 0.3) is 0 Å². The number of carboxylic acids is 1. The van der Waals surface area contributed by atoms with E-state index in [9.17, 15) is 14.7 Å². The highest BCUT2D eigenvalue weighted by Gasteiger charge is 2.43. The number of nitrogens with zero attached hydrogens (tertiary/aromatic N) is 1. The summed E-state index contributed by atoms with van der Waals surface area (Å²) in [7, 11) is 1.64. The van der Waals surface area contributed by atoms with E-state index in [0.29, 0.717) is 6.42 Å². The maximum absolute atomic E-state index is 12.6. The van der Waals surface area contributed by atoms with Crippen molar-refractivity contribution < 1.29 is 19.4 Å². The normalized spacial score (nSPS) is 22.5. The fourth-order valence-corrected chi connectivity index (χ4v) is 3.25. The number of amides is 1. The fraction of sp³-hybridized carbons (Fsp3) is 0.500. The number of hydrogen-bond donors (Lipinski definition) is 1. The second-order valence-electron chi connectivity index (χ2n) is 5.87. The Hall–Kier alpha value is -1.88. The van der Waals surface area contributed by atoms with Crippen LogP contribution >= 0.6 is 0 Å². The van der Waals surface area contributed by atoms with Crippen LogP contribution < -0.4 is 4.90 Å². The molecule has 5 heteroatoms. The summed E-state index contributed by atoms with van der Waals surface area (Å²) in [4.78, 5) is 25.6. The molecule has 1 saturated carbocycles. The Labute approximate surface area is 123 Å². The number of hydrogen-bond acceptors (Lipinski definition) is 3. The number of para-hydroxylation sites is 1. The lowest BCUT2D eigenvalue weighted by molar-refractivity contribution is -0.138. The van der Waals surface area contributed by atoms with Crippen molar-refractivity contribution in [1.82, 2.24) is 0 Å². The summed E-state index contributed by atoms with van der Waals surface area (Å²) in [5.41, 5.74) is 1.10. The van der Waals surface area contributed by atoms with Crippen molar-refractivity contribution in [3.63, 3.8) is 0 Å². The van der Waals surface area contributed by atoms with Crippen LogP contribution in [0.3, 0.4) is 0 Å². The van der Waals surface area contributed by atoms with Crippen LogP contribution in [0, 0.1) is 0 Å². The molecule has 5 nitrogen and oxygen atoms in total. The van der Waals surface area contributed by atoms with E-state index in [1.165, 1.54) is 0 Å². The second kappa shape index (κ2) is 5.15.